The Morgan fingerprint density at radius 2 is 2.04 bits per heavy atom. The molecular weight excluding hydrogens is 316 g/mol. The van der Waals surface area contributed by atoms with Crippen LogP contribution in [-0.4, -0.2) is 54.7 Å². The lowest BCUT2D eigenvalue weighted by atomic mass is 10.1. The van der Waals surface area contributed by atoms with E-state index >= 15 is 0 Å². The van der Waals surface area contributed by atoms with Crippen LogP contribution in [-0.2, 0) is 9.53 Å². The topological polar surface area (TPSA) is 69.5 Å². The Kier molecular flexibility index (Phi) is 4.24. The van der Waals surface area contributed by atoms with Gasteiger partial charge in [-0.1, -0.05) is 18.2 Å². The van der Waals surface area contributed by atoms with Crippen LogP contribution in [0.15, 0.2) is 30.3 Å². The normalized spacial score (nSPS) is 20.7. The molecule has 0 spiro atoms. The summed E-state index contributed by atoms with van der Waals surface area (Å²) in [4.78, 5) is 21.2. The summed E-state index contributed by atoms with van der Waals surface area (Å²) in [7, 11) is 0. The zero-order valence-electron chi connectivity index (χ0n) is 14.0. The standard InChI is InChI=1S/C19H20N4O2/c20-13-14-12-18(21-16-5-2-1-4-15(14)16)22-7-9-23(10-8-22)19(24)17-6-3-11-25-17/h1-2,4-5,12,17H,3,6-11H2. The maximum atomic E-state index is 12.4. The third-order valence-corrected chi connectivity index (χ3v) is 4.94. The van der Waals surface area contributed by atoms with Gasteiger partial charge in [0.05, 0.1) is 17.1 Å². The first-order chi connectivity index (χ1) is 12.3. The molecular formula is C19H20N4O2. The number of ether oxygens (including phenoxy) is 1. The van der Waals surface area contributed by atoms with Gasteiger partial charge in [-0.3, -0.25) is 4.79 Å². The van der Waals surface area contributed by atoms with Gasteiger partial charge in [-0.2, -0.15) is 5.26 Å². The number of rotatable bonds is 2. The fraction of sp³-hybridized carbons (Fsp3) is 0.421. The van der Waals surface area contributed by atoms with Gasteiger partial charge in [0.1, 0.15) is 11.9 Å². The summed E-state index contributed by atoms with van der Waals surface area (Å²) < 4.78 is 5.50. The molecule has 1 aromatic carbocycles. The number of carbonyl (C=O) groups is 1. The number of amides is 1. The maximum absolute atomic E-state index is 12.4. The lowest BCUT2D eigenvalue weighted by molar-refractivity contribution is -0.141. The zero-order chi connectivity index (χ0) is 17.2. The molecule has 6 nitrogen and oxygen atoms in total. The van der Waals surface area contributed by atoms with E-state index in [1.54, 1.807) is 0 Å². The van der Waals surface area contributed by atoms with Crippen molar-refractivity contribution in [1.82, 2.24) is 9.88 Å². The first-order valence-corrected chi connectivity index (χ1v) is 8.71. The third kappa shape index (κ3) is 3.03. The molecule has 128 valence electrons. The third-order valence-electron chi connectivity index (χ3n) is 4.94. The molecule has 0 aliphatic carbocycles. The van der Waals surface area contributed by atoms with Crippen molar-refractivity contribution in [3.05, 3.63) is 35.9 Å². The van der Waals surface area contributed by atoms with Gasteiger partial charge in [0.25, 0.3) is 5.91 Å². The van der Waals surface area contributed by atoms with Crippen LogP contribution >= 0.6 is 0 Å². The summed E-state index contributed by atoms with van der Waals surface area (Å²) in [5.41, 5.74) is 1.47. The second-order valence-corrected chi connectivity index (χ2v) is 6.47. The van der Waals surface area contributed by atoms with Crippen LogP contribution in [0.5, 0.6) is 0 Å². The molecule has 1 unspecified atom stereocenters. The fourth-order valence-electron chi connectivity index (χ4n) is 3.55. The van der Waals surface area contributed by atoms with Crippen LogP contribution < -0.4 is 4.90 Å². The SMILES string of the molecule is N#Cc1cc(N2CCN(C(=O)C3CCCO3)CC2)nc2ccccc12. The van der Waals surface area contributed by atoms with E-state index in [1.165, 1.54) is 0 Å². The van der Waals surface area contributed by atoms with E-state index in [0.717, 1.165) is 29.6 Å². The van der Waals surface area contributed by atoms with Crippen LogP contribution in [0.2, 0.25) is 0 Å². The van der Waals surface area contributed by atoms with E-state index in [4.69, 9.17) is 9.72 Å². The molecule has 1 atom stereocenters. The predicted molar refractivity (Wildman–Crippen MR) is 94.2 cm³/mol. The molecule has 0 bridgehead atoms. The van der Waals surface area contributed by atoms with Crippen molar-refractivity contribution in [2.45, 2.75) is 18.9 Å². The van der Waals surface area contributed by atoms with Gasteiger partial charge >= 0.3 is 0 Å². The molecule has 2 fully saturated rings. The Morgan fingerprint density at radius 1 is 1.24 bits per heavy atom. The minimum Gasteiger partial charge on any atom is -0.368 e. The highest BCUT2D eigenvalue weighted by atomic mass is 16.5. The van der Waals surface area contributed by atoms with Crippen molar-refractivity contribution in [2.24, 2.45) is 0 Å². The van der Waals surface area contributed by atoms with E-state index in [1.807, 2.05) is 35.2 Å². The molecule has 2 aliphatic rings. The van der Waals surface area contributed by atoms with Crippen molar-refractivity contribution >= 4 is 22.6 Å². The Hall–Kier alpha value is -2.65. The van der Waals surface area contributed by atoms with Gasteiger partial charge in [-0.25, -0.2) is 4.98 Å². The lowest BCUT2D eigenvalue weighted by Crippen LogP contribution is -2.51. The van der Waals surface area contributed by atoms with Crippen LogP contribution in [0.1, 0.15) is 18.4 Å². The van der Waals surface area contributed by atoms with E-state index in [-0.39, 0.29) is 12.0 Å². The monoisotopic (exact) mass is 336 g/mol. The molecule has 3 heterocycles. The highest BCUT2D eigenvalue weighted by Gasteiger charge is 2.30. The molecule has 0 N–H and O–H groups in total. The van der Waals surface area contributed by atoms with E-state index < -0.39 is 0 Å². The number of piperazine rings is 1. The molecule has 0 saturated carbocycles. The quantitative estimate of drug-likeness (QED) is 0.838. The summed E-state index contributed by atoms with van der Waals surface area (Å²) in [5, 5.41) is 10.3. The number of fused-ring (bicyclic) bond motifs is 1. The summed E-state index contributed by atoms with van der Waals surface area (Å²) in [6.07, 6.45) is 1.54. The summed E-state index contributed by atoms with van der Waals surface area (Å²) in [6.45, 7) is 3.45. The Morgan fingerprint density at radius 3 is 2.76 bits per heavy atom. The van der Waals surface area contributed by atoms with E-state index in [2.05, 4.69) is 11.0 Å². The second-order valence-electron chi connectivity index (χ2n) is 6.47. The van der Waals surface area contributed by atoms with Crippen molar-refractivity contribution in [3.63, 3.8) is 0 Å². The molecule has 2 aliphatic heterocycles. The Bertz CT molecular complexity index is 831. The van der Waals surface area contributed by atoms with Gasteiger partial charge in [-0.15, -0.1) is 0 Å². The number of para-hydroxylation sites is 1. The molecule has 2 aromatic rings. The van der Waals surface area contributed by atoms with Crippen LogP contribution in [0.3, 0.4) is 0 Å². The smallest absolute Gasteiger partial charge is 0.251 e. The second kappa shape index (κ2) is 6.69. The van der Waals surface area contributed by atoms with Gasteiger partial charge in [0, 0.05) is 38.2 Å². The number of carbonyl (C=O) groups excluding carboxylic acids is 1. The molecule has 4 rings (SSSR count). The van der Waals surface area contributed by atoms with E-state index in [0.29, 0.717) is 38.3 Å². The molecule has 1 amide bonds. The van der Waals surface area contributed by atoms with Crippen LogP contribution in [0.4, 0.5) is 5.82 Å². The Labute approximate surface area is 146 Å². The van der Waals surface area contributed by atoms with Crippen molar-refractivity contribution < 1.29 is 9.53 Å². The van der Waals surface area contributed by atoms with Crippen LogP contribution in [0, 0.1) is 11.3 Å². The van der Waals surface area contributed by atoms with Gasteiger partial charge in [0.15, 0.2) is 0 Å². The Balaban J connectivity index is 1.50. The fourth-order valence-corrected chi connectivity index (χ4v) is 3.55. The van der Waals surface area contributed by atoms with Gasteiger partial charge in [0.2, 0.25) is 0 Å². The predicted octanol–water partition coefficient (Wildman–Crippen LogP) is 1.93. The van der Waals surface area contributed by atoms with E-state index in [9.17, 15) is 10.1 Å². The molecule has 25 heavy (non-hydrogen) atoms. The maximum Gasteiger partial charge on any atom is 0.251 e. The number of hydrogen-bond donors (Lipinski definition) is 0. The first-order valence-electron chi connectivity index (χ1n) is 8.71. The van der Waals surface area contributed by atoms with Crippen molar-refractivity contribution in [3.8, 4) is 6.07 Å². The number of benzene rings is 1. The minimum absolute atomic E-state index is 0.112. The number of pyridine rings is 1. The summed E-state index contributed by atoms with van der Waals surface area (Å²) in [5.74, 6) is 0.917. The number of nitrogens with zero attached hydrogens (tertiary/aromatic N) is 4. The molecule has 6 heteroatoms. The highest BCUT2D eigenvalue weighted by molar-refractivity contribution is 5.86. The first kappa shape index (κ1) is 15.9. The number of aromatic nitrogens is 1. The van der Waals surface area contributed by atoms with Crippen molar-refractivity contribution in [2.75, 3.05) is 37.7 Å². The summed E-state index contributed by atoms with van der Waals surface area (Å²) >= 11 is 0. The minimum atomic E-state index is -0.254. The largest absolute Gasteiger partial charge is 0.368 e. The average molecular weight is 336 g/mol. The molecule has 0 radical (unpaired) electrons. The lowest BCUT2D eigenvalue weighted by Gasteiger charge is -2.36. The average Bonchev–Trinajstić information content (AvgIpc) is 3.21. The molecule has 1 aromatic heterocycles. The van der Waals surface area contributed by atoms with Gasteiger partial charge < -0.3 is 14.5 Å². The number of hydrogen-bond acceptors (Lipinski definition) is 5. The van der Waals surface area contributed by atoms with Crippen LogP contribution in [0.25, 0.3) is 10.9 Å². The summed E-state index contributed by atoms with van der Waals surface area (Å²) in [6, 6.07) is 11.8. The zero-order valence-corrected chi connectivity index (χ0v) is 14.0. The highest BCUT2D eigenvalue weighted by Crippen LogP contribution is 2.24. The number of anilines is 1. The van der Waals surface area contributed by atoms with Gasteiger partial charge in [-0.05, 0) is 25.0 Å². The number of nitriles is 1. The van der Waals surface area contributed by atoms with Crippen molar-refractivity contribution in [1.29, 1.82) is 5.26 Å². The molecule has 2 saturated heterocycles.